The molecule has 0 aliphatic carbocycles. The number of nitrogens with zero attached hydrogens (tertiary/aromatic N) is 4. The number of hydrogen-bond donors (Lipinski definition) is 0. The predicted octanol–water partition coefficient (Wildman–Crippen LogP) is 15.3. The van der Waals surface area contributed by atoms with Crippen molar-refractivity contribution in [3.05, 3.63) is 175 Å². The van der Waals surface area contributed by atoms with Crippen molar-refractivity contribution in [3.8, 4) is 28.4 Å². The molecular formula is C56H55N4OPt-3. The van der Waals surface area contributed by atoms with Gasteiger partial charge in [0.2, 0.25) is 0 Å². The Bertz CT molecular complexity index is 2900. The zero-order chi connectivity index (χ0) is 42.7. The van der Waals surface area contributed by atoms with Crippen LogP contribution in [-0.2, 0) is 37.3 Å². The van der Waals surface area contributed by atoms with Crippen LogP contribution in [0.1, 0.15) is 91.8 Å². The molecule has 0 radical (unpaired) electrons. The van der Waals surface area contributed by atoms with E-state index in [-0.39, 0.29) is 37.3 Å². The fraction of sp³-hybridized carbons (Fsp3) is 0.250. The maximum absolute atomic E-state index is 6.89. The van der Waals surface area contributed by atoms with Crippen LogP contribution in [-0.4, -0.2) is 9.55 Å². The maximum Gasteiger partial charge on any atom is 0.135 e. The number of para-hydroxylation sites is 3. The van der Waals surface area contributed by atoms with Gasteiger partial charge in [0, 0.05) is 61.3 Å². The molecule has 0 spiro atoms. The summed E-state index contributed by atoms with van der Waals surface area (Å²) in [6, 6.07) is 55.2. The number of aromatic nitrogens is 2. The molecule has 0 saturated heterocycles. The van der Waals surface area contributed by atoms with Gasteiger partial charge in [0.15, 0.2) is 0 Å². The van der Waals surface area contributed by atoms with E-state index < -0.39 is 0 Å². The molecule has 0 bridgehead atoms. The minimum atomic E-state index is -0.0731. The molecule has 318 valence electrons. The largest absolute Gasteiger partial charge is 0.509 e. The SMILES string of the molecule is CCC(C)(CC)c1cc(Oc2[c-]c3c(cc2)c2ccccc2n3-c2cc(C(C)(C)C)ccn2)[c-]c(N2[CH-]N(c3cc(-c4ccccc4)cc(C(C)(C)C)c3)c3ccccc32)c1.[Pt]. The molecule has 8 aromatic rings. The van der Waals surface area contributed by atoms with Crippen molar-refractivity contribution < 1.29 is 25.8 Å². The zero-order valence-electron chi connectivity index (χ0n) is 37.3. The third-order valence-corrected chi connectivity index (χ3v) is 12.8. The standard InChI is InChI=1S/C56H55N4O.Pt/c1-10-56(9,11-2)42-32-44(59-37-58(50-23-17-18-24-51(50)59)43-30-39(38-19-13-12-14-20-38)29-41(31-43)55(6,7)8)35-46(33-42)61-45-25-26-48-47-21-15-16-22-49(47)60(52(48)36-45)53-34-40(27-28-57-53)54(3,4)5;/h12-34,37H,10-11H2,1-9H3;/q-3;. The van der Waals surface area contributed by atoms with Gasteiger partial charge in [0.05, 0.1) is 0 Å². The quantitative estimate of drug-likeness (QED) is 0.135. The Kier molecular flexibility index (Phi) is 11.5. The summed E-state index contributed by atoms with van der Waals surface area (Å²) in [7, 11) is 0. The van der Waals surface area contributed by atoms with Crippen LogP contribution in [0.3, 0.4) is 0 Å². The van der Waals surface area contributed by atoms with Gasteiger partial charge < -0.3 is 19.1 Å². The smallest absolute Gasteiger partial charge is 0.135 e. The first-order valence-corrected chi connectivity index (χ1v) is 21.7. The Balaban J connectivity index is 0.00000529. The molecule has 0 N–H and O–H groups in total. The van der Waals surface area contributed by atoms with Gasteiger partial charge in [0.25, 0.3) is 0 Å². The summed E-state index contributed by atoms with van der Waals surface area (Å²) in [5.41, 5.74) is 12.2. The number of ether oxygens (including phenoxy) is 1. The molecule has 62 heavy (non-hydrogen) atoms. The van der Waals surface area contributed by atoms with Crippen molar-refractivity contribution in [3.63, 3.8) is 0 Å². The second kappa shape index (κ2) is 16.6. The molecule has 6 aromatic carbocycles. The van der Waals surface area contributed by atoms with E-state index in [1.54, 1.807) is 0 Å². The molecule has 0 amide bonds. The third kappa shape index (κ3) is 7.97. The Morgan fingerprint density at radius 1 is 0.581 bits per heavy atom. The van der Waals surface area contributed by atoms with Gasteiger partial charge in [0.1, 0.15) is 5.82 Å². The normalized spacial score (nSPS) is 13.1. The van der Waals surface area contributed by atoms with Crippen molar-refractivity contribution >= 4 is 44.6 Å². The van der Waals surface area contributed by atoms with E-state index in [9.17, 15) is 0 Å². The molecule has 9 rings (SSSR count). The maximum atomic E-state index is 6.89. The van der Waals surface area contributed by atoms with E-state index in [1.165, 1.54) is 27.8 Å². The second-order valence-corrected chi connectivity index (χ2v) is 18.8. The number of anilines is 4. The van der Waals surface area contributed by atoms with E-state index in [0.717, 1.165) is 63.2 Å². The van der Waals surface area contributed by atoms with Crippen molar-refractivity contribution in [1.82, 2.24) is 9.55 Å². The summed E-state index contributed by atoms with van der Waals surface area (Å²) in [4.78, 5) is 9.47. The number of fused-ring (bicyclic) bond motifs is 4. The fourth-order valence-corrected chi connectivity index (χ4v) is 8.51. The average molecular weight is 995 g/mol. The van der Waals surface area contributed by atoms with E-state index in [0.29, 0.717) is 11.5 Å². The zero-order valence-corrected chi connectivity index (χ0v) is 39.6. The molecule has 0 fully saturated rings. The van der Waals surface area contributed by atoms with Crippen LogP contribution < -0.4 is 14.5 Å². The Morgan fingerprint density at radius 2 is 1.26 bits per heavy atom. The predicted molar refractivity (Wildman–Crippen MR) is 255 cm³/mol. The molecule has 5 nitrogen and oxygen atoms in total. The molecule has 1 aliphatic rings. The first-order valence-electron chi connectivity index (χ1n) is 21.7. The van der Waals surface area contributed by atoms with Gasteiger partial charge in [-0.2, -0.15) is 6.07 Å². The molecule has 0 unspecified atom stereocenters. The van der Waals surface area contributed by atoms with E-state index >= 15 is 0 Å². The number of benzene rings is 6. The molecule has 6 heteroatoms. The number of hydrogen-bond acceptors (Lipinski definition) is 4. The van der Waals surface area contributed by atoms with Gasteiger partial charge in [-0.1, -0.05) is 135 Å². The fourth-order valence-electron chi connectivity index (χ4n) is 8.51. The van der Waals surface area contributed by atoms with E-state index in [2.05, 4.69) is 223 Å². The van der Waals surface area contributed by atoms with Gasteiger partial charge in [-0.05, 0) is 99.2 Å². The molecule has 0 atom stereocenters. The Labute approximate surface area is 382 Å². The monoisotopic (exact) mass is 994 g/mol. The summed E-state index contributed by atoms with van der Waals surface area (Å²) in [5, 5.41) is 2.25. The van der Waals surface area contributed by atoms with Crippen LogP contribution in [0.15, 0.2) is 140 Å². The van der Waals surface area contributed by atoms with Crippen LogP contribution >= 0.6 is 0 Å². The summed E-state index contributed by atoms with van der Waals surface area (Å²) in [6.07, 6.45) is 3.88. The summed E-state index contributed by atoms with van der Waals surface area (Å²) in [5.74, 6) is 2.14. The molecular weight excluding hydrogens is 940 g/mol. The van der Waals surface area contributed by atoms with E-state index in [1.807, 2.05) is 12.3 Å². The van der Waals surface area contributed by atoms with Crippen molar-refractivity contribution in [2.45, 2.75) is 91.4 Å². The van der Waals surface area contributed by atoms with Crippen molar-refractivity contribution in [2.75, 3.05) is 9.80 Å². The number of rotatable bonds is 9. The van der Waals surface area contributed by atoms with Gasteiger partial charge in [-0.3, -0.25) is 0 Å². The Morgan fingerprint density at radius 3 is 1.97 bits per heavy atom. The van der Waals surface area contributed by atoms with Crippen LogP contribution in [0, 0.1) is 18.8 Å². The van der Waals surface area contributed by atoms with Gasteiger partial charge in [-0.25, -0.2) is 4.98 Å². The molecule has 2 aromatic heterocycles. The third-order valence-electron chi connectivity index (χ3n) is 12.8. The van der Waals surface area contributed by atoms with Gasteiger partial charge in [-0.15, -0.1) is 53.6 Å². The first kappa shape index (κ1) is 43.0. The van der Waals surface area contributed by atoms with Crippen LogP contribution in [0.4, 0.5) is 22.7 Å². The summed E-state index contributed by atoms with van der Waals surface area (Å²) >= 11 is 0. The first-order chi connectivity index (χ1) is 29.2. The molecule has 1 aliphatic heterocycles. The molecule has 3 heterocycles. The Hall–Kier alpha value is -5.64. The van der Waals surface area contributed by atoms with Crippen molar-refractivity contribution in [1.29, 1.82) is 0 Å². The minimum Gasteiger partial charge on any atom is -0.509 e. The van der Waals surface area contributed by atoms with Crippen LogP contribution in [0.2, 0.25) is 0 Å². The van der Waals surface area contributed by atoms with E-state index in [4.69, 9.17) is 9.72 Å². The van der Waals surface area contributed by atoms with Crippen LogP contribution in [0.5, 0.6) is 11.5 Å². The summed E-state index contributed by atoms with van der Waals surface area (Å²) in [6.45, 7) is 22.7. The molecule has 0 saturated carbocycles. The van der Waals surface area contributed by atoms with Crippen molar-refractivity contribution in [2.24, 2.45) is 0 Å². The van der Waals surface area contributed by atoms with Gasteiger partial charge >= 0.3 is 0 Å². The average Bonchev–Trinajstić information content (AvgIpc) is 3.82. The minimum absolute atomic E-state index is 0. The van der Waals surface area contributed by atoms with Crippen LogP contribution in [0.25, 0.3) is 38.8 Å². The topological polar surface area (TPSA) is 33.5 Å². The second-order valence-electron chi connectivity index (χ2n) is 18.8. The summed E-state index contributed by atoms with van der Waals surface area (Å²) < 4.78 is 9.11. The number of pyridine rings is 1.